The predicted octanol–water partition coefficient (Wildman–Crippen LogP) is 1.31. The molecule has 1 aromatic heterocycles. The first kappa shape index (κ1) is 12.2. The lowest BCUT2D eigenvalue weighted by molar-refractivity contribution is -0.134. The average molecular weight is 259 g/mol. The second-order valence-corrected chi connectivity index (χ2v) is 3.54. The van der Waals surface area contributed by atoms with Crippen LogP contribution in [-0.4, -0.2) is 28.8 Å². The summed E-state index contributed by atoms with van der Waals surface area (Å²) in [5, 5.41) is 9.80. The Morgan fingerprint density at radius 2 is 2.17 bits per heavy atom. The highest BCUT2D eigenvalue weighted by Crippen LogP contribution is 2.31. The van der Waals surface area contributed by atoms with Gasteiger partial charge in [-0.3, -0.25) is 10.4 Å². The van der Waals surface area contributed by atoms with E-state index in [2.05, 4.69) is 4.98 Å². The molecule has 2 N–H and O–H groups in total. The Hall–Kier alpha value is -2.25. The SMILES string of the molecule is O=C(O)C1=C(C(F)(F)F)NN(c2ccccn2)C1. The van der Waals surface area contributed by atoms with Gasteiger partial charge in [-0.1, -0.05) is 6.07 Å². The van der Waals surface area contributed by atoms with E-state index in [1.54, 1.807) is 12.1 Å². The van der Waals surface area contributed by atoms with E-state index < -0.39 is 30.0 Å². The Morgan fingerprint density at radius 3 is 2.61 bits per heavy atom. The van der Waals surface area contributed by atoms with Crippen LogP contribution >= 0.6 is 0 Å². The van der Waals surface area contributed by atoms with Gasteiger partial charge in [0.25, 0.3) is 0 Å². The van der Waals surface area contributed by atoms with Crippen LogP contribution in [-0.2, 0) is 4.79 Å². The van der Waals surface area contributed by atoms with Crippen molar-refractivity contribution in [3.05, 3.63) is 35.7 Å². The first-order valence-electron chi connectivity index (χ1n) is 4.88. The summed E-state index contributed by atoms with van der Waals surface area (Å²) in [5.74, 6) is -1.39. The minimum atomic E-state index is -4.74. The molecular formula is C10H8F3N3O2. The number of carbonyl (C=O) groups is 1. The molecule has 0 saturated heterocycles. The quantitative estimate of drug-likeness (QED) is 0.838. The number of nitrogens with one attached hydrogen (secondary N) is 1. The number of allylic oxidation sites excluding steroid dienone is 1. The number of anilines is 1. The number of carboxylic acids is 1. The Balaban J connectivity index is 2.30. The number of aliphatic carboxylic acids is 1. The predicted molar refractivity (Wildman–Crippen MR) is 55.4 cm³/mol. The summed E-state index contributed by atoms with van der Waals surface area (Å²) in [6.07, 6.45) is -3.33. The Kier molecular flexibility index (Phi) is 2.85. The number of alkyl halides is 3. The van der Waals surface area contributed by atoms with Gasteiger partial charge in [-0.25, -0.2) is 9.78 Å². The minimum Gasteiger partial charge on any atom is -0.478 e. The smallest absolute Gasteiger partial charge is 0.433 e. The molecule has 1 aromatic rings. The average Bonchev–Trinajstić information content (AvgIpc) is 2.74. The number of nitrogens with zero attached hydrogens (tertiary/aromatic N) is 2. The lowest BCUT2D eigenvalue weighted by Gasteiger charge is -2.19. The Bertz CT molecular complexity index is 499. The fourth-order valence-corrected chi connectivity index (χ4v) is 1.54. The van der Waals surface area contributed by atoms with Crippen LogP contribution in [0.25, 0.3) is 0 Å². The zero-order chi connectivity index (χ0) is 13.3. The second kappa shape index (κ2) is 4.21. The molecule has 8 heteroatoms. The third-order valence-electron chi connectivity index (χ3n) is 2.33. The van der Waals surface area contributed by atoms with Crippen molar-refractivity contribution in [2.75, 3.05) is 11.6 Å². The molecule has 2 rings (SSSR count). The molecule has 5 nitrogen and oxygen atoms in total. The van der Waals surface area contributed by atoms with Gasteiger partial charge in [0.1, 0.15) is 11.5 Å². The van der Waals surface area contributed by atoms with Crippen molar-refractivity contribution in [2.24, 2.45) is 0 Å². The van der Waals surface area contributed by atoms with E-state index in [9.17, 15) is 18.0 Å². The van der Waals surface area contributed by atoms with E-state index in [1.807, 2.05) is 5.43 Å². The maximum absolute atomic E-state index is 12.6. The highest BCUT2D eigenvalue weighted by molar-refractivity contribution is 5.90. The summed E-state index contributed by atoms with van der Waals surface area (Å²) in [7, 11) is 0. The van der Waals surface area contributed by atoms with Gasteiger partial charge in [0.15, 0.2) is 0 Å². The van der Waals surface area contributed by atoms with Crippen LogP contribution in [0.2, 0.25) is 0 Å². The van der Waals surface area contributed by atoms with E-state index >= 15 is 0 Å². The summed E-state index contributed by atoms with van der Waals surface area (Å²) in [6, 6.07) is 4.68. The zero-order valence-corrected chi connectivity index (χ0v) is 8.90. The van der Waals surface area contributed by atoms with Crippen molar-refractivity contribution >= 4 is 11.8 Å². The summed E-state index contributed by atoms with van der Waals surface area (Å²) in [4.78, 5) is 14.6. The molecule has 0 aromatic carbocycles. The van der Waals surface area contributed by atoms with Crippen LogP contribution in [0, 0.1) is 0 Å². The van der Waals surface area contributed by atoms with Crippen LogP contribution in [0.3, 0.4) is 0 Å². The van der Waals surface area contributed by atoms with Gasteiger partial charge in [0.05, 0.1) is 12.1 Å². The number of carboxylic acid groups (broad SMARTS) is 1. The maximum atomic E-state index is 12.6. The van der Waals surface area contributed by atoms with E-state index in [1.165, 1.54) is 12.3 Å². The zero-order valence-electron chi connectivity index (χ0n) is 8.90. The van der Waals surface area contributed by atoms with Crippen LogP contribution in [0.1, 0.15) is 0 Å². The monoisotopic (exact) mass is 259 g/mol. The summed E-state index contributed by atoms with van der Waals surface area (Å²) in [5.41, 5.74) is 0.0314. The summed E-state index contributed by atoms with van der Waals surface area (Å²) < 4.78 is 37.9. The number of hydrazine groups is 1. The molecule has 2 heterocycles. The number of hydrogen-bond acceptors (Lipinski definition) is 4. The molecule has 0 bridgehead atoms. The van der Waals surface area contributed by atoms with Gasteiger partial charge in [-0.15, -0.1) is 0 Å². The third kappa shape index (κ3) is 2.22. The largest absolute Gasteiger partial charge is 0.478 e. The number of aromatic nitrogens is 1. The van der Waals surface area contributed by atoms with Crippen LogP contribution in [0.5, 0.6) is 0 Å². The van der Waals surface area contributed by atoms with Crippen molar-refractivity contribution < 1.29 is 23.1 Å². The van der Waals surface area contributed by atoms with Crippen molar-refractivity contribution in [1.82, 2.24) is 10.4 Å². The van der Waals surface area contributed by atoms with Crippen LogP contribution in [0.15, 0.2) is 35.7 Å². The summed E-state index contributed by atoms with van der Waals surface area (Å²) >= 11 is 0. The van der Waals surface area contributed by atoms with Gasteiger partial charge in [0, 0.05) is 6.20 Å². The van der Waals surface area contributed by atoms with Gasteiger partial charge >= 0.3 is 12.1 Å². The molecule has 96 valence electrons. The molecule has 0 spiro atoms. The van der Waals surface area contributed by atoms with Crippen molar-refractivity contribution in [3.8, 4) is 0 Å². The van der Waals surface area contributed by atoms with E-state index in [0.717, 1.165) is 5.01 Å². The number of hydrogen-bond donors (Lipinski definition) is 2. The van der Waals surface area contributed by atoms with Crippen LogP contribution in [0.4, 0.5) is 19.0 Å². The summed E-state index contributed by atoms with van der Waals surface area (Å²) in [6.45, 7) is -0.402. The van der Waals surface area contributed by atoms with Crippen molar-refractivity contribution in [1.29, 1.82) is 0 Å². The molecule has 0 fully saturated rings. The molecule has 1 aliphatic heterocycles. The van der Waals surface area contributed by atoms with E-state index in [0.29, 0.717) is 0 Å². The molecule has 18 heavy (non-hydrogen) atoms. The molecule has 0 saturated carbocycles. The standard InChI is InChI=1S/C10H8F3N3O2/c11-10(12,13)8-6(9(17)18)5-16(15-8)7-3-1-2-4-14-7/h1-4,15H,5H2,(H,17,18). The highest BCUT2D eigenvalue weighted by Gasteiger charge is 2.43. The minimum absolute atomic E-state index is 0.218. The maximum Gasteiger partial charge on any atom is 0.433 e. The van der Waals surface area contributed by atoms with Crippen molar-refractivity contribution in [2.45, 2.75) is 6.18 Å². The number of pyridine rings is 1. The fourth-order valence-electron chi connectivity index (χ4n) is 1.54. The topological polar surface area (TPSA) is 65.5 Å². The van der Waals surface area contributed by atoms with Gasteiger partial charge in [-0.2, -0.15) is 13.2 Å². The van der Waals surface area contributed by atoms with Crippen LogP contribution < -0.4 is 10.4 Å². The molecule has 0 atom stereocenters. The first-order chi connectivity index (χ1) is 8.39. The second-order valence-electron chi connectivity index (χ2n) is 3.54. The lowest BCUT2D eigenvalue weighted by atomic mass is 10.2. The molecule has 0 radical (unpaired) electrons. The number of rotatable bonds is 2. The fraction of sp³-hybridized carbons (Fsp3) is 0.200. The van der Waals surface area contributed by atoms with E-state index in [4.69, 9.17) is 5.11 Å². The molecule has 0 amide bonds. The molecular weight excluding hydrogens is 251 g/mol. The molecule has 1 aliphatic rings. The molecule has 0 aliphatic carbocycles. The van der Waals surface area contributed by atoms with Gasteiger partial charge in [0.2, 0.25) is 0 Å². The normalized spacial score (nSPS) is 15.8. The van der Waals surface area contributed by atoms with Gasteiger partial charge < -0.3 is 5.11 Å². The lowest BCUT2D eigenvalue weighted by Crippen LogP contribution is -2.36. The Labute approximate surface area is 99.5 Å². The molecule has 0 unspecified atom stereocenters. The Morgan fingerprint density at radius 1 is 1.44 bits per heavy atom. The number of halogens is 3. The van der Waals surface area contributed by atoms with Gasteiger partial charge in [-0.05, 0) is 12.1 Å². The van der Waals surface area contributed by atoms with Crippen molar-refractivity contribution in [3.63, 3.8) is 0 Å². The first-order valence-corrected chi connectivity index (χ1v) is 4.88. The third-order valence-corrected chi connectivity index (χ3v) is 2.33. The van der Waals surface area contributed by atoms with E-state index in [-0.39, 0.29) is 5.82 Å². The highest BCUT2D eigenvalue weighted by atomic mass is 19.4.